The molecular formula is C23H20ClNO3S. The minimum absolute atomic E-state index is 0.214. The first kappa shape index (κ1) is 19.7. The van der Waals surface area contributed by atoms with Gasteiger partial charge in [0.2, 0.25) is 10.0 Å². The number of rotatable bonds is 5. The van der Waals surface area contributed by atoms with Gasteiger partial charge in [0, 0.05) is 0 Å². The molecule has 3 aromatic carbocycles. The molecular weight excluding hydrogens is 406 g/mol. The Bertz CT molecular complexity index is 1160. The average Bonchev–Trinajstić information content (AvgIpc) is 2.71. The summed E-state index contributed by atoms with van der Waals surface area (Å²) in [5, 5.41) is 0.472. The second kappa shape index (κ2) is 8.03. The molecule has 1 N–H and O–H groups in total. The number of benzene rings is 3. The Morgan fingerprint density at radius 3 is 2.38 bits per heavy atom. The Balaban J connectivity index is 1.70. The predicted molar refractivity (Wildman–Crippen MR) is 116 cm³/mol. The van der Waals surface area contributed by atoms with Crippen molar-refractivity contribution in [2.45, 2.75) is 24.0 Å². The first-order chi connectivity index (χ1) is 13.9. The van der Waals surface area contributed by atoms with Crippen molar-refractivity contribution in [2.24, 2.45) is 0 Å². The molecule has 0 radical (unpaired) electrons. The third kappa shape index (κ3) is 4.22. The molecule has 0 amide bonds. The molecule has 1 aliphatic rings. The van der Waals surface area contributed by atoms with Gasteiger partial charge < -0.3 is 4.74 Å². The normalized spacial score (nSPS) is 18.3. The predicted octanol–water partition coefficient (Wildman–Crippen LogP) is 5.14. The number of para-hydroxylation sites is 1. The van der Waals surface area contributed by atoms with E-state index in [4.69, 9.17) is 16.3 Å². The molecule has 0 unspecified atom stereocenters. The van der Waals surface area contributed by atoms with Gasteiger partial charge in [-0.05, 0) is 48.4 Å². The monoisotopic (exact) mass is 425 g/mol. The highest BCUT2D eigenvalue weighted by Crippen LogP contribution is 2.34. The molecule has 29 heavy (non-hydrogen) atoms. The van der Waals surface area contributed by atoms with Crippen LogP contribution in [0.4, 0.5) is 0 Å². The molecule has 0 heterocycles. The Hall–Kier alpha value is -2.60. The first-order valence-corrected chi connectivity index (χ1v) is 11.1. The second-order valence-corrected chi connectivity index (χ2v) is 9.03. The van der Waals surface area contributed by atoms with E-state index in [9.17, 15) is 8.42 Å². The first-order valence-electron chi connectivity index (χ1n) is 9.21. The third-order valence-electron chi connectivity index (χ3n) is 4.84. The Kier molecular flexibility index (Phi) is 5.46. The van der Waals surface area contributed by atoms with E-state index in [2.05, 4.69) is 4.72 Å². The van der Waals surface area contributed by atoms with Gasteiger partial charge in [0.25, 0.3) is 0 Å². The fraction of sp³-hybridized carbons (Fsp3) is 0.130. The van der Waals surface area contributed by atoms with E-state index in [0.717, 1.165) is 16.7 Å². The SMILES string of the molecule is Cc1ccc(S(=O)(=O)N[C@@H]2c3ccccc3C=C[C@H]2Oc2ccccc2Cl)cc1. The molecule has 3 aromatic rings. The fourth-order valence-corrected chi connectivity index (χ4v) is 4.72. The van der Waals surface area contributed by atoms with Gasteiger partial charge in [-0.3, -0.25) is 0 Å². The van der Waals surface area contributed by atoms with E-state index in [1.165, 1.54) is 0 Å². The maximum absolute atomic E-state index is 13.1. The lowest BCUT2D eigenvalue weighted by atomic mass is 9.91. The van der Waals surface area contributed by atoms with Crippen molar-refractivity contribution in [1.29, 1.82) is 0 Å². The summed E-state index contributed by atoms with van der Waals surface area (Å²) in [5.41, 5.74) is 2.79. The molecule has 4 nitrogen and oxygen atoms in total. The molecule has 4 rings (SSSR count). The fourth-order valence-electron chi connectivity index (χ4n) is 3.31. The van der Waals surface area contributed by atoms with Crippen LogP contribution in [-0.4, -0.2) is 14.5 Å². The topological polar surface area (TPSA) is 55.4 Å². The van der Waals surface area contributed by atoms with E-state index >= 15 is 0 Å². The van der Waals surface area contributed by atoms with Crippen LogP contribution in [0.3, 0.4) is 0 Å². The smallest absolute Gasteiger partial charge is 0.241 e. The molecule has 0 aliphatic heterocycles. The van der Waals surface area contributed by atoms with Gasteiger partial charge in [-0.2, -0.15) is 4.72 Å². The van der Waals surface area contributed by atoms with Gasteiger partial charge >= 0.3 is 0 Å². The molecule has 0 spiro atoms. The zero-order valence-electron chi connectivity index (χ0n) is 15.7. The average molecular weight is 426 g/mol. The van der Waals surface area contributed by atoms with Gasteiger partial charge in [-0.25, -0.2) is 8.42 Å². The number of hydrogen-bond donors (Lipinski definition) is 1. The van der Waals surface area contributed by atoms with Crippen molar-refractivity contribution in [3.63, 3.8) is 0 Å². The zero-order valence-corrected chi connectivity index (χ0v) is 17.3. The lowest BCUT2D eigenvalue weighted by Gasteiger charge is -2.31. The number of fused-ring (bicyclic) bond motifs is 1. The Morgan fingerprint density at radius 2 is 1.62 bits per heavy atom. The lowest BCUT2D eigenvalue weighted by molar-refractivity contribution is 0.208. The summed E-state index contributed by atoms with van der Waals surface area (Å²) in [6.07, 6.45) is 3.24. The quantitative estimate of drug-likeness (QED) is 0.615. The highest BCUT2D eigenvalue weighted by molar-refractivity contribution is 7.89. The Morgan fingerprint density at radius 1 is 0.931 bits per heavy atom. The molecule has 0 saturated carbocycles. The molecule has 2 atom stereocenters. The van der Waals surface area contributed by atoms with E-state index in [1.807, 2.05) is 55.5 Å². The number of hydrogen-bond acceptors (Lipinski definition) is 3. The molecule has 6 heteroatoms. The minimum Gasteiger partial charge on any atom is -0.483 e. The van der Waals surface area contributed by atoms with Crippen molar-refractivity contribution in [3.8, 4) is 5.75 Å². The summed E-state index contributed by atoms with van der Waals surface area (Å²) in [4.78, 5) is 0.214. The highest BCUT2D eigenvalue weighted by atomic mass is 35.5. The van der Waals surface area contributed by atoms with Crippen molar-refractivity contribution in [3.05, 3.63) is 101 Å². The molecule has 0 fully saturated rings. The van der Waals surface area contributed by atoms with Crippen LogP contribution < -0.4 is 9.46 Å². The lowest BCUT2D eigenvalue weighted by Crippen LogP contribution is -2.39. The van der Waals surface area contributed by atoms with Crippen LogP contribution in [0.5, 0.6) is 5.75 Å². The maximum atomic E-state index is 13.1. The summed E-state index contributed by atoms with van der Waals surface area (Å²) in [7, 11) is -3.75. The van der Waals surface area contributed by atoms with E-state index in [0.29, 0.717) is 10.8 Å². The number of halogens is 1. The summed E-state index contributed by atoms with van der Waals surface area (Å²) in [5.74, 6) is 0.503. The number of aryl methyl sites for hydroxylation is 1. The van der Waals surface area contributed by atoms with Crippen molar-refractivity contribution >= 4 is 27.7 Å². The summed E-state index contributed by atoms with van der Waals surface area (Å²) in [6, 6.07) is 21.0. The zero-order chi connectivity index (χ0) is 20.4. The number of sulfonamides is 1. The molecule has 1 aliphatic carbocycles. The van der Waals surface area contributed by atoms with Crippen LogP contribution in [0.2, 0.25) is 5.02 Å². The van der Waals surface area contributed by atoms with Gasteiger partial charge in [0.1, 0.15) is 11.9 Å². The van der Waals surface area contributed by atoms with Crippen LogP contribution in [-0.2, 0) is 10.0 Å². The number of nitrogens with one attached hydrogen (secondary N) is 1. The summed E-state index contributed by atoms with van der Waals surface area (Å²) < 4.78 is 35.1. The van der Waals surface area contributed by atoms with Crippen molar-refractivity contribution < 1.29 is 13.2 Å². The van der Waals surface area contributed by atoms with Crippen molar-refractivity contribution in [1.82, 2.24) is 4.72 Å². The van der Waals surface area contributed by atoms with Crippen molar-refractivity contribution in [2.75, 3.05) is 0 Å². The van der Waals surface area contributed by atoms with E-state index < -0.39 is 22.2 Å². The van der Waals surface area contributed by atoms with Crippen LogP contribution in [0, 0.1) is 6.92 Å². The van der Waals surface area contributed by atoms with Gasteiger partial charge in [-0.15, -0.1) is 0 Å². The number of ether oxygens (including phenoxy) is 1. The molecule has 0 bridgehead atoms. The Labute approximate surface area is 175 Å². The minimum atomic E-state index is -3.75. The molecule has 148 valence electrons. The van der Waals surface area contributed by atoms with E-state index in [1.54, 1.807) is 36.4 Å². The molecule has 0 saturated heterocycles. The van der Waals surface area contributed by atoms with Crippen LogP contribution in [0.25, 0.3) is 6.08 Å². The van der Waals surface area contributed by atoms with Gasteiger partial charge in [-0.1, -0.05) is 71.8 Å². The second-order valence-electron chi connectivity index (χ2n) is 6.91. The molecule has 0 aromatic heterocycles. The largest absolute Gasteiger partial charge is 0.483 e. The van der Waals surface area contributed by atoms with Gasteiger partial charge in [0.15, 0.2) is 0 Å². The van der Waals surface area contributed by atoms with Gasteiger partial charge in [0.05, 0.1) is 16.0 Å². The van der Waals surface area contributed by atoms with E-state index in [-0.39, 0.29) is 4.90 Å². The third-order valence-corrected chi connectivity index (χ3v) is 6.61. The van der Waals surface area contributed by atoms with Crippen LogP contribution >= 0.6 is 11.6 Å². The highest BCUT2D eigenvalue weighted by Gasteiger charge is 2.32. The summed E-state index contributed by atoms with van der Waals surface area (Å²) in [6.45, 7) is 1.92. The maximum Gasteiger partial charge on any atom is 0.241 e. The van der Waals surface area contributed by atoms with Crippen LogP contribution in [0.15, 0.2) is 83.8 Å². The summed E-state index contributed by atoms with van der Waals surface area (Å²) >= 11 is 6.25. The van der Waals surface area contributed by atoms with Crippen LogP contribution in [0.1, 0.15) is 22.7 Å². The standard InChI is InChI=1S/C23H20ClNO3S/c1-16-10-13-18(14-11-16)29(26,27)25-23-19-7-3-2-6-17(19)12-15-22(23)28-21-9-5-4-8-20(21)24/h2-15,22-23,25H,1H3/t22-,23-/m1/s1.